The van der Waals surface area contributed by atoms with Crippen LogP contribution in [0.3, 0.4) is 0 Å². The number of sulfonamides is 1. The van der Waals surface area contributed by atoms with Crippen LogP contribution in [-0.4, -0.2) is 38.0 Å². The van der Waals surface area contributed by atoms with Crippen LogP contribution in [0, 0.1) is 18.8 Å². The van der Waals surface area contributed by atoms with Crippen molar-refractivity contribution in [3.05, 3.63) is 65.7 Å². The smallest absolute Gasteiger partial charge is 0.306 e. The molecule has 0 heterocycles. The number of carbonyl (C=O) groups excluding carboxylic acids is 1. The summed E-state index contributed by atoms with van der Waals surface area (Å²) in [5.74, 6) is -1.89. The molecule has 0 unspecified atom stereocenters. The highest BCUT2D eigenvalue weighted by atomic mass is 32.2. The molecule has 0 bridgehead atoms. The Bertz CT molecular complexity index is 974. The van der Waals surface area contributed by atoms with E-state index in [1.165, 1.54) is 12.1 Å². The number of hydrogen-bond donors (Lipinski definition) is 3. The monoisotopic (exact) mass is 416 g/mol. The van der Waals surface area contributed by atoms with Gasteiger partial charge in [-0.25, -0.2) is 8.42 Å². The lowest BCUT2D eigenvalue weighted by Crippen LogP contribution is -2.48. The van der Waals surface area contributed by atoms with Gasteiger partial charge in [0.2, 0.25) is 15.9 Å². The summed E-state index contributed by atoms with van der Waals surface area (Å²) in [5, 5.41) is 11.7. The van der Waals surface area contributed by atoms with Crippen molar-refractivity contribution in [2.75, 3.05) is 6.54 Å². The van der Waals surface area contributed by atoms with E-state index in [0.717, 1.165) is 11.1 Å². The summed E-state index contributed by atoms with van der Waals surface area (Å²) >= 11 is 0. The largest absolute Gasteiger partial charge is 0.481 e. The van der Waals surface area contributed by atoms with Gasteiger partial charge in [0, 0.05) is 6.54 Å². The number of aliphatic carboxylic acids is 1. The molecule has 7 nitrogen and oxygen atoms in total. The van der Waals surface area contributed by atoms with Crippen molar-refractivity contribution in [2.45, 2.75) is 30.7 Å². The Kier molecular flexibility index (Phi) is 6.34. The summed E-state index contributed by atoms with van der Waals surface area (Å²) in [7, 11) is -3.89. The summed E-state index contributed by atoms with van der Waals surface area (Å²) in [6, 6.07) is 14.5. The quantitative estimate of drug-likeness (QED) is 0.576. The van der Waals surface area contributed by atoms with E-state index in [2.05, 4.69) is 10.0 Å². The second-order valence-electron chi connectivity index (χ2n) is 7.36. The number of carbonyl (C=O) groups is 2. The molecule has 8 heteroatoms. The van der Waals surface area contributed by atoms with Gasteiger partial charge in [0.15, 0.2) is 0 Å². The molecule has 3 rings (SSSR count). The average Bonchev–Trinajstić information content (AvgIpc) is 3.47. The Labute approximate surface area is 170 Å². The summed E-state index contributed by atoms with van der Waals surface area (Å²) in [6.07, 6.45) is 0.707. The highest BCUT2D eigenvalue weighted by molar-refractivity contribution is 7.89. The van der Waals surface area contributed by atoms with Gasteiger partial charge in [-0.05, 0) is 43.4 Å². The molecule has 0 saturated heterocycles. The molecule has 154 valence electrons. The molecule has 0 aliphatic heterocycles. The van der Waals surface area contributed by atoms with Gasteiger partial charge in [0.1, 0.15) is 6.04 Å². The molecule has 1 fully saturated rings. The van der Waals surface area contributed by atoms with Gasteiger partial charge < -0.3 is 10.4 Å². The van der Waals surface area contributed by atoms with E-state index in [4.69, 9.17) is 5.11 Å². The Balaban J connectivity index is 1.72. The van der Waals surface area contributed by atoms with Crippen LogP contribution in [0.1, 0.15) is 17.5 Å². The number of rotatable bonds is 9. The molecule has 2 aromatic carbocycles. The molecule has 0 aromatic heterocycles. The van der Waals surface area contributed by atoms with E-state index in [-0.39, 0.29) is 23.8 Å². The lowest BCUT2D eigenvalue weighted by atomic mass is 10.1. The van der Waals surface area contributed by atoms with Crippen molar-refractivity contribution in [3.8, 4) is 0 Å². The van der Waals surface area contributed by atoms with Crippen molar-refractivity contribution in [3.63, 3.8) is 0 Å². The third kappa shape index (κ3) is 5.65. The van der Waals surface area contributed by atoms with Gasteiger partial charge in [-0.1, -0.05) is 48.0 Å². The number of nitrogens with one attached hydrogen (secondary N) is 2. The second kappa shape index (κ2) is 8.75. The molecule has 1 aliphatic carbocycles. The number of hydrogen-bond acceptors (Lipinski definition) is 4. The first-order valence-electron chi connectivity index (χ1n) is 9.39. The van der Waals surface area contributed by atoms with Crippen LogP contribution in [0.15, 0.2) is 59.5 Å². The van der Waals surface area contributed by atoms with Crippen molar-refractivity contribution >= 4 is 21.9 Å². The van der Waals surface area contributed by atoms with Gasteiger partial charge in [-0.3, -0.25) is 9.59 Å². The van der Waals surface area contributed by atoms with Crippen molar-refractivity contribution in [1.29, 1.82) is 0 Å². The normalized spacial score (nSPS) is 19.3. The molecule has 1 aliphatic rings. The summed E-state index contributed by atoms with van der Waals surface area (Å²) in [6.45, 7) is 2.07. The molecular formula is C21H24N2O5S. The topological polar surface area (TPSA) is 113 Å². The van der Waals surface area contributed by atoms with E-state index in [0.29, 0.717) is 6.42 Å². The van der Waals surface area contributed by atoms with Crippen LogP contribution in [0.2, 0.25) is 0 Å². The third-order valence-corrected chi connectivity index (χ3v) is 6.49. The first-order valence-corrected chi connectivity index (χ1v) is 10.9. The predicted octanol–water partition coefficient (Wildman–Crippen LogP) is 1.72. The van der Waals surface area contributed by atoms with Gasteiger partial charge in [0.05, 0.1) is 10.8 Å². The van der Waals surface area contributed by atoms with Crippen molar-refractivity contribution in [1.82, 2.24) is 10.0 Å². The SMILES string of the molecule is Cc1ccc(S(=O)(=O)N[C@@H](Cc2ccccc2)C(=O)NC[C@H]2C[C@@H]2C(=O)O)cc1. The number of carboxylic acid groups (broad SMARTS) is 1. The third-order valence-electron chi connectivity index (χ3n) is 5.01. The van der Waals surface area contributed by atoms with E-state index in [1.54, 1.807) is 12.1 Å². The first-order chi connectivity index (χ1) is 13.8. The van der Waals surface area contributed by atoms with E-state index >= 15 is 0 Å². The van der Waals surface area contributed by atoms with Crippen LogP contribution in [0.4, 0.5) is 0 Å². The minimum absolute atomic E-state index is 0.0853. The van der Waals surface area contributed by atoms with Crippen LogP contribution in [-0.2, 0) is 26.0 Å². The van der Waals surface area contributed by atoms with Crippen LogP contribution in [0.5, 0.6) is 0 Å². The number of aryl methyl sites for hydroxylation is 1. The highest BCUT2D eigenvalue weighted by Crippen LogP contribution is 2.37. The maximum Gasteiger partial charge on any atom is 0.306 e. The highest BCUT2D eigenvalue weighted by Gasteiger charge is 2.43. The number of amides is 1. The van der Waals surface area contributed by atoms with E-state index in [1.807, 2.05) is 37.3 Å². The fourth-order valence-corrected chi connectivity index (χ4v) is 4.34. The molecule has 0 spiro atoms. The molecule has 29 heavy (non-hydrogen) atoms. The van der Waals surface area contributed by atoms with Gasteiger partial charge in [0.25, 0.3) is 0 Å². The maximum absolute atomic E-state index is 12.8. The fraction of sp³-hybridized carbons (Fsp3) is 0.333. The first kappa shape index (κ1) is 21.0. The predicted molar refractivity (Wildman–Crippen MR) is 108 cm³/mol. The summed E-state index contributed by atoms with van der Waals surface area (Å²) in [4.78, 5) is 23.8. The van der Waals surface area contributed by atoms with Gasteiger partial charge >= 0.3 is 5.97 Å². The zero-order chi connectivity index (χ0) is 21.0. The molecule has 0 radical (unpaired) electrons. The van der Waals surface area contributed by atoms with Crippen molar-refractivity contribution < 1.29 is 23.1 Å². The Morgan fingerprint density at radius 3 is 2.34 bits per heavy atom. The fourth-order valence-electron chi connectivity index (χ4n) is 3.14. The summed E-state index contributed by atoms with van der Waals surface area (Å²) < 4.78 is 28.0. The lowest BCUT2D eigenvalue weighted by Gasteiger charge is -2.19. The Morgan fingerprint density at radius 2 is 1.76 bits per heavy atom. The summed E-state index contributed by atoms with van der Waals surface area (Å²) in [5.41, 5.74) is 1.74. The van der Waals surface area contributed by atoms with Crippen LogP contribution in [0.25, 0.3) is 0 Å². The molecule has 1 amide bonds. The Morgan fingerprint density at radius 1 is 1.10 bits per heavy atom. The maximum atomic E-state index is 12.8. The van der Waals surface area contributed by atoms with Gasteiger partial charge in [-0.2, -0.15) is 4.72 Å². The number of benzene rings is 2. The van der Waals surface area contributed by atoms with Gasteiger partial charge in [-0.15, -0.1) is 0 Å². The standard InChI is InChI=1S/C21H24N2O5S/c1-14-7-9-17(10-8-14)29(27,28)23-19(11-15-5-3-2-4-6-15)20(24)22-13-16-12-18(16)21(25)26/h2-10,16,18-19,23H,11-13H2,1H3,(H,22,24)(H,25,26)/t16-,18+,19+/m1/s1. The Hall–Kier alpha value is -2.71. The molecule has 3 N–H and O–H groups in total. The van der Waals surface area contributed by atoms with Crippen LogP contribution < -0.4 is 10.0 Å². The van der Waals surface area contributed by atoms with Crippen LogP contribution >= 0.6 is 0 Å². The minimum atomic E-state index is -3.89. The molecule has 2 aromatic rings. The minimum Gasteiger partial charge on any atom is -0.481 e. The lowest BCUT2D eigenvalue weighted by molar-refractivity contribution is -0.139. The zero-order valence-corrected chi connectivity index (χ0v) is 16.9. The molecule has 3 atom stereocenters. The molecule has 1 saturated carbocycles. The average molecular weight is 416 g/mol. The van der Waals surface area contributed by atoms with E-state index < -0.39 is 33.9 Å². The zero-order valence-electron chi connectivity index (χ0n) is 16.0. The van der Waals surface area contributed by atoms with E-state index in [9.17, 15) is 18.0 Å². The van der Waals surface area contributed by atoms with Crippen molar-refractivity contribution in [2.24, 2.45) is 11.8 Å². The molecular weight excluding hydrogens is 392 g/mol. The second-order valence-corrected chi connectivity index (χ2v) is 9.08. The number of carboxylic acids is 1.